The molecule has 0 unspecified atom stereocenters. The lowest BCUT2D eigenvalue weighted by atomic mass is 10.2. The van der Waals surface area contributed by atoms with Crippen LogP contribution in [0.2, 0.25) is 0 Å². The molecule has 4 heteroatoms. The van der Waals surface area contributed by atoms with Gasteiger partial charge in [-0.3, -0.25) is 0 Å². The molecule has 0 aromatic carbocycles. The number of nitrogens with two attached hydrogens (primary N) is 1. The molecular weight excluding hydrogens is 182 g/mol. The lowest BCUT2D eigenvalue weighted by molar-refractivity contribution is 0.0490. The van der Waals surface area contributed by atoms with Crippen molar-refractivity contribution in [3.05, 3.63) is 17.1 Å². The quantitative estimate of drug-likeness (QED) is 0.727. The van der Waals surface area contributed by atoms with E-state index in [4.69, 9.17) is 14.9 Å². The van der Waals surface area contributed by atoms with Gasteiger partial charge in [0.15, 0.2) is 0 Å². The number of hydrogen-bond acceptors (Lipinski definition) is 4. The van der Waals surface area contributed by atoms with Crippen molar-refractivity contribution in [1.82, 2.24) is 0 Å². The molecule has 2 rings (SSSR count). The third-order valence-electron chi connectivity index (χ3n) is 2.42. The van der Waals surface area contributed by atoms with Crippen molar-refractivity contribution in [2.75, 3.05) is 12.3 Å². The van der Waals surface area contributed by atoms with E-state index in [-0.39, 0.29) is 5.76 Å². The molecule has 1 aromatic rings. The van der Waals surface area contributed by atoms with E-state index in [0.29, 0.717) is 12.3 Å². The fourth-order valence-electron chi connectivity index (χ4n) is 1.78. The Labute approximate surface area is 82.0 Å². The molecule has 2 N–H and O–H groups in total. The molecule has 0 saturated heterocycles. The first-order valence-electron chi connectivity index (χ1n) is 4.81. The van der Waals surface area contributed by atoms with Crippen LogP contribution >= 0.6 is 0 Å². The number of carbonyl (C=O) groups excluding carboxylic acids is 1. The summed E-state index contributed by atoms with van der Waals surface area (Å²) in [6, 6.07) is 0. The SMILES string of the molecule is CCOC(=O)c1oc2c(c1N)CCC2. The van der Waals surface area contributed by atoms with Gasteiger partial charge in [0.05, 0.1) is 12.3 Å². The second kappa shape index (κ2) is 3.36. The number of furan rings is 1. The minimum atomic E-state index is -0.459. The summed E-state index contributed by atoms with van der Waals surface area (Å²) in [5, 5.41) is 0. The Morgan fingerprint density at radius 3 is 3.00 bits per heavy atom. The summed E-state index contributed by atoms with van der Waals surface area (Å²) < 4.78 is 10.2. The average Bonchev–Trinajstić information content (AvgIpc) is 2.69. The van der Waals surface area contributed by atoms with Crippen molar-refractivity contribution in [3.8, 4) is 0 Å². The molecule has 1 heterocycles. The number of esters is 1. The number of ether oxygens (including phenoxy) is 1. The molecule has 1 aliphatic carbocycles. The Kier molecular flexibility index (Phi) is 2.19. The first-order valence-corrected chi connectivity index (χ1v) is 4.81. The van der Waals surface area contributed by atoms with Crippen LogP contribution in [0.15, 0.2) is 4.42 Å². The molecule has 76 valence electrons. The van der Waals surface area contributed by atoms with E-state index in [9.17, 15) is 4.79 Å². The molecule has 0 spiro atoms. The number of carbonyl (C=O) groups is 1. The van der Waals surface area contributed by atoms with Gasteiger partial charge in [0, 0.05) is 12.0 Å². The van der Waals surface area contributed by atoms with Crippen LogP contribution in [0.4, 0.5) is 5.69 Å². The maximum atomic E-state index is 11.4. The van der Waals surface area contributed by atoms with Crippen molar-refractivity contribution < 1.29 is 13.9 Å². The molecule has 0 aliphatic heterocycles. The molecule has 14 heavy (non-hydrogen) atoms. The van der Waals surface area contributed by atoms with Gasteiger partial charge in [-0.05, 0) is 19.8 Å². The predicted octanol–water partition coefficient (Wildman–Crippen LogP) is 1.53. The van der Waals surface area contributed by atoms with E-state index in [1.54, 1.807) is 6.92 Å². The van der Waals surface area contributed by atoms with Gasteiger partial charge in [0.2, 0.25) is 5.76 Å². The molecule has 1 aliphatic rings. The second-order valence-electron chi connectivity index (χ2n) is 3.32. The van der Waals surface area contributed by atoms with Gasteiger partial charge in [-0.2, -0.15) is 0 Å². The Hall–Kier alpha value is -1.45. The van der Waals surface area contributed by atoms with Gasteiger partial charge in [-0.15, -0.1) is 0 Å². The molecule has 0 bridgehead atoms. The van der Waals surface area contributed by atoms with Crippen molar-refractivity contribution in [3.63, 3.8) is 0 Å². The zero-order valence-corrected chi connectivity index (χ0v) is 8.13. The summed E-state index contributed by atoms with van der Waals surface area (Å²) in [6.45, 7) is 2.09. The number of nitrogen functional groups attached to an aromatic ring is 1. The van der Waals surface area contributed by atoms with Crippen LogP contribution in [0, 0.1) is 0 Å². The lowest BCUT2D eigenvalue weighted by Gasteiger charge is -1.99. The van der Waals surface area contributed by atoms with E-state index in [2.05, 4.69) is 0 Å². The molecule has 4 nitrogen and oxygen atoms in total. The summed E-state index contributed by atoms with van der Waals surface area (Å²) in [7, 11) is 0. The van der Waals surface area contributed by atoms with Crippen molar-refractivity contribution in [2.24, 2.45) is 0 Å². The highest BCUT2D eigenvalue weighted by molar-refractivity contribution is 5.93. The zero-order valence-electron chi connectivity index (χ0n) is 8.13. The Morgan fingerprint density at radius 1 is 1.57 bits per heavy atom. The van der Waals surface area contributed by atoms with Crippen LogP contribution in [0.5, 0.6) is 0 Å². The normalized spacial score (nSPS) is 14.1. The van der Waals surface area contributed by atoms with E-state index < -0.39 is 5.97 Å². The Morgan fingerprint density at radius 2 is 2.36 bits per heavy atom. The number of rotatable bonds is 2. The predicted molar refractivity (Wildman–Crippen MR) is 51.1 cm³/mol. The van der Waals surface area contributed by atoms with Gasteiger partial charge in [-0.25, -0.2) is 4.79 Å². The Bertz CT molecular complexity index is 368. The number of hydrogen-bond donors (Lipinski definition) is 1. The molecule has 0 atom stereocenters. The smallest absolute Gasteiger partial charge is 0.376 e. The molecule has 0 radical (unpaired) electrons. The van der Waals surface area contributed by atoms with Crippen molar-refractivity contribution in [1.29, 1.82) is 0 Å². The van der Waals surface area contributed by atoms with Crippen LogP contribution in [-0.2, 0) is 17.6 Å². The highest BCUT2D eigenvalue weighted by Gasteiger charge is 2.26. The summed E-state index contributed by atoms with van der Waals surface area (Å²) >= 11 is 0. The summed E-state index contributed by atoms with van der Waals surface area (Å²) in [4.78, 5) is 11.4. The number of anilines is 1. The molecule has 0 amide bonds. The Balaban J connectivity index is 2.32. The van der Waals surface area contributed by atoms with Gasteiger partial charge < -0.3 is 14.9 Å². The molecule has 0 saturated carbocycles. The third kappa shape index (κ3) is 1.27. The maximum absolute atomic E-state index is 11.4. The molecule has 0 fully saturated rings. The standard InChI is InChI=1S/C10H13NO3/c1-2-13-10(12)9-8(11)6-4-3-5-7(6)14-9/h2-5,11H2,1H3. The number of aryl methyl sites for hydroxylation is 1. The van der Waals surface area contributed by atoms with Gasteiger partial charge in [-0.1, -0.05) is 0 Å². The van der Waals surface area contributed by atoms with E-state index in [0.717, 1.165) is 30.6 Å². The summed E-state index contributed by atoms with van der Waals surface area (Å²) in [6.07, 6.45) is 2.84. The van der Waals surface area contributed by atoms with E-state index >= 15 is 0 Å². The fraction of sp³-hybridized carbons (Fsp3) is 0.500. The lowest BCUT2D eigenvalue weighted by Crippen LogP contribution is -2.06. The van der Waals surface area contributed by atoms with Gasteiger partial charge in [0.1, 0.15) is 5.76 Å². The fourth-order valence-corrected chi connectivity index (χ4v) is 1.78. The highest BCUT2D eigenvalue weighted by atomic mass is 16.5. The second-order valence-corrected chi connectivity index (χ2v) is 3.32. The summed E-state index contributed by atoms with van der Waals surface area (Å²) in [5.41, 5.74) is 7.25. The number of fused-ring (bicyclic) bond motifs is 1. The van der Waals surface area contributed by atoms with Crippen LogP contribution < -0.4 is 5.73 Å². The van der Waals surface area contributed by atoms with Crippen molar-refractivity contribution >= 4 is 11.7 Å². The van der Waals surface area contributed by atoms with E-state index in [1.165, 1.54) is 0 Å². The van der Waals surface area contributed by atoms with E-state index in [1.807, 2.05) is 0 Å². The van der Waals surface area contributed by atoms with Crippen LogP contribution in [0.25, 0.3) is 0 Å². The van der Waals surface area contributed by atoms with Crippen LogP contribution in [-0.4, -0.2) is 12.6 Å². The van der Waals surface area contributed by atoms with Gasteiger partial charge in [0.25, 0.3) is 0 Å². The minimum absolute atomic E-state index is 0.177. The highest BCUT2D eigenvalue weighted by Crippen LogP contribution is 2.32. The largest absolute Gasteiger partial charge is 0.460 e. The monoisotopic (exact) mass is 195 g/mol. The zero-order chi connectivity index (χ0) is 10.1. The first kappa shape index (κ1) is 9.12. The first-order chi connectivity index (χ1) is 6.74. The summed E-state index contributed by atoms with van der Waals surface area (Å²) in [5.74, 6) is 0.571. The minimum Gasteiger partial charge on any atom is -0.460 e. The third-order valence-corrected chi connectivity index (χ3v) is 2.42. The average molecular weight is 195 g/mol. The molecular formula is C10H13NO3. The van der Waals surface area contributed by atoms with Crippen LogP contribution in [0.1, 0.15) is 35.2 Å². The van der Waals surface area contributed by atoms with Gasteiger partial charge >= 0.3 is 5.97 Å². The molecule has 1 aromatic heterocycles. The van der Waals surface area contributed by atoms with Crippen molar-refractivity contribution in [2.45, 2.75) is 26.2 Å². The topological polar surface area (TPSA) is 65.5 Å². The maximum Gasteiger partial charge on any atom is 0.376 e. The van der Waals surface area contributed by atoms with Crippen LogP contribution in [0.3, 0.4) is 0 Å².